The highest BCUT2D eigenvalue weighted by Crippen LogP contribution is 2.29. The minimum absolute atomic E-state index is 0.00674. The molecule has 0 aliphatic carbocycles. The predicted octanol–water partition coefficient (Wildman–Crippen LogP) is 4.46. The molecule has 0 aliphatic rings. The summed E-state index contributed by atoms with van der Waals surface area (Å²) >= 11 is 0. The van der Waals surface area contributed by atoms with Crippen molar-refractivity contribution in [2.24, 2.45) is 0 Å². The summed E-state index contributed by atoms with van der Waals surface area (Å²) in [4.78, 5) is 11.9. The highest BCUT2D eigenvalue weighted by atomic mass is 16.5. The Morgan fingerprint density at radius 3 is 2.61 bits per heavy atom. The Morgan fingerprint density at radius 1 is 1.09 bits per heavy atom. The molecule has 0 radical (unpaired) electrons. The number of carbonyl (C=O) groups is 1. The third-order valence-electron chi connectivity index (χ3n) is 3.72. The molecule has 0 N–H and O–H groups in total. The molecule has 0 fully saturated rings. The Morgan fingerprint density at radius 2 is 1.83 bits per heavy atom. The monoisotopic (exact) mass is 301 g/mol. The normalized spacial score (nSPS) is 11.4. The molecule has 3 aromatic rings. The van der Waals surface area contributed by atoms with Crippen LogP contribution in [0.5, 0.6) is 0 Å². The van der Waals surface area contributed by atoms with Crippen molar-refractivity contribution in [1.82, 2.24) is 0 Å². The maximum absolute atomic E-state index is 11.9. The summed E-state index contributed by atoms with van der Waals surface area (Å²) in [7, 11) is 0. The molecular formula is C20H15NO2. The molecule has 112 valence electrons. The van der Waals surface area contributed by atoms with E-state index in [-0.39, 0.29) is 12.2 Å². The second-order valence-corrected chi connectivity index (χ2v) is 5.12. The maximum Gasteiger partial charge on any atom is 0.348 e. The van der Waals surface area contributed by atoms with Crippen molar-refractivity contribution in [2.75, 3.05) is 6.61 Å². The number of hydrogen-bond acceptors (Lipinski definition) is 3. The van der Waals surface area contributed by atoms with Crippen LogP contribution in [-0.2, 0) is 9.53 Å². The van der Waals surface area contributed by atoms with Gasteiger partial charge >= 0.3 is 5.97 Å². The van der Waals surface area contributed by atoms with Gasteiger partial charge in [-0.15, -0.1) is 0 Å². The number of fused-ring (bicyclic) bond motifs is 3. The van der Waals surface area contributed by atoms with Gasteiger partial charge in [-0.25, -0.2) is 4.79 Å². The summed E-state index contributed by atoms with van der Waals surface area (Å²) in [5.74, 6) is -0.591. The molecule has 0 saturated carbocycles. The van der Waals surface area contributed by atoms with Crippen molar-refractivity contribution in [1.29, 1.82) is 5.26 Å². The van der Waals surface area contributed by atoms with Crippen LogP contribution < -0.4 is 0 Å². The zero-order valence-corrected chi connectivity index (χ0v) is 12.7. The van der Waals surface area contributed by atoms with E-state index < -0.39 is 5.97 Å². The largest absolute Gasteiger partial charge is 0.462 e. The number of nitrogens with zero attached hydrogens (tertiary/aromatic N) is 1. The summed E-state index contributed by atoms with van der Waals surface area (Å²) in [6.45, 7) is 1.97. The SMILES string of the molecule is CCOC(=O)C(C#N)=Cc1cccc2ccc3ccccc3c12. The molecule has 3 nitrogen and oxygen atoms in total. The third-order valence-corrected chi connectivity index (χ3v) is 3.72. The first-order valence-electron chi connectivity index (χ1n) is 7.44. The van der Waals surface area contributed by atoms with Crippen LogP contribution >= 0.6 is 0 Å². The fraction of sp³-hybridized carbons (Fsp3) is 0.100. The molecular weight excluding hydrogens is 286 g/mol. The summed E-state index contributed by atoms with van der Waals surface area (Å²) < 4.78 is 4.94. The molecule has 0 bridgehead atoms. The molecule has 0 unspecified atom stereocenters. The lowest BCUT2D eigenvalue weighted by Crippen LogP contribution is -2.06. The van der Waals surface area contributed by atoms with Gasteiger partial charge in [-0.2, -0.15) is 5.26 Å². The summed E-state index contributed by atoms with van der Waals surface area (Å²) in [5.41, 5.74) is 0.844. The van der Waals surface area contributed by atoms with Gasteiger partial charge < -0.3 is 4.74 Å². The van der Waals surface area contributed by atoms with E-state index >= 15 is 0 Å². The van der Waals surface area contributed by atoms with Crippen LogP contribution in [0.4, 0.5) is 0 Å². The maximum atomic E-state index is 11.9. The van der Waals surface area contributed by atoms with Crippen molar-refractivity contribution in [2.45, 2.75) is 6.92 Å². The number of benzene rings is 3. The lowest BCUT2D eigenvalue weighted by atomic mass is 9.96. The topological polar surface area (TPSA) is 50.1 Å². The van der Waals surface area contributed by atoms with E-state index in [9.17, 15) is 10.1 Å². The van der Waals surface area contributed by atoms with Gasteiger partial charge in [0.2, 0.25) is 0 Å². The van der Waals surface area contributed by atoms with Crippen LogP contribution in [0.1, 0.15) is 12.5 Å². The van der Waals surface area contributed by atoms with Gasteiger partial charge in [-0.05, 0) is 40.1 Å². The Labute approximate surface area is 134 Å². The van der Waals surface area contributed by atoms with E-state index in [4.69, 9.17) is 4.74 Å². The zero-order chi connectivity index (χ0) is 16.2. The molecule has 23 heavy (non-hydrogen) atoms. The Balaban J connectivity index is 2.27. The minimum Gasteiger partial charge on any atom is -0.462 e. The number of esters is 1. The minimum atomic E-state index is -0.591. The summed E-state index contributed by atoms with van der Waals surface area (Å²) in [5, 5.41) is 13.6. The van der Waals surface area contributed by atoms with Gasteiger partial charge in [0, 0.05) is 0 Å². The van der Waals surface area contributed by atoms with Crippen molar-refractivity contribution >= 4 is 33.6 Å². The lowest BCUT2D eigenvalue weighted by molar-refractivity contribution is -0.137. The Bertz CT molecular complexity index is 964. The van der Waals surface area contributed by atoms with Crippen molar-refractivity contribution in [3.63, 3.8) is 0 Å². The molecule has 0 aliphatic heterocycles. The number of ether oxygens (including phenoxy) is 1. The van der Waals surface area contributed by atoms with Gasteiger partial charge in [0.05, 0.1) is 6.61 Å². The van der Waals surface area contributed by atoms with Crippen molar-refractivity contribution in [3.8, 4) is 6.07 Å². The molecule has 3 aromatic carbocycles. The van der Waals surface area contributed by atoms with Crippen LogP contribution in [-0.4, -0.2) is 12.6 Å². The van der Waals surface area contributed by atoms with Crippen LogP contribution in [0.3, 0.4) is 0 Å². The molecule has 3 rings (SSSR count). The quantitative estimate of drug-likeness (QED) is 0.310. The first-order valence-corrected chi connectivity index (χ1v) is 7.44. The fourth-order valence-corrected chi connectivity index (χ4v) is 2.71. The third kappa shape index (κ3) is 2.79. The summed E-state index contributed by atoms with van der Waals surface area (Å²) in [6, 6.07) is 20.0. The number of carbonyl (C=O) groups excluding carboxylic acids is 1. The Kier molecular flexibility index (Phi) is 4.07. The molecule has 0 heterocycles. The average molecular weight is 301 g/mol. The second kappa shape index (κ2) is 6.33. The van der Waals surface area contributed by atoms with E-state index in [2.05, 4.69) is 6.07 Å². The highest BCUT2D eigenvalue weighted by molar-refractivity contribution is 6.12. The highest BCUT2D eigenvalue weighted by Gasteiger charge is 2.11. The summed E-state index contributed by atoms with van der Waals surface area (Å²) in [6.07, 6.45) is 1.60. The van der Waals surface area contributed by atoms with E-state index in [1.165, 1.54) is 0 Å². The van der Waals surface area contributed by atoms with Gasteiger partial charge in [0.15, 0.2) is 0 Å². The molecule has 0 amide bonds. The van der Waals surface area contributed by atoms with Gasteiger partial charge in [0.1, 0.15) is 11.6 Å². The van der Waals surface area contributed by atoms with Gasteiger partial charge in [-0.3, -0.25) is 0 Å². The second-order valence-electron chi connectivity index (χ2n) is 5.12. The van der Waals surface area contributed by atoms with E-state index in [0.717, 1.165) is 27.1 Å². The number of rotatable bonds is 3. The zero-order valence-electron chi connectivity index (χ0n) is 12.7. The van der Waals surface area contributed by atoms with E-state index in [1.54, 1.807) is 13.0 Å². The molecule has 0 atom stereocenters. The van der Waals surface area contributed by atoms with Crippen molar-refractivity contribution < 1.29 is 9.53 Å². The van der Waals surface area contributed by atoms with Crippen LogP contribution in [0.15, 0.2) is 60.2 Å². The number of nitriles is 1. The molecule has 3 heteroatoms. The first-order chi connectivity index (χ1) is 11.2. The predicted molar refractivity (Wildman–Crippen MR) is 91.7 cm³/mol. The van der Waals surface area contributed by atoms with Gasteiger partial charge in [0.25, 0.3) is 0 Å². The molecule has 0 saturated heterocycles. The van der Waals surface area contributed by atoms with Crippen LogP contribution in [0.2, 0.25) is 0 Å². The van der Waals surface area contributed by atoms with Gasteiger partial charge in [-0.1, -0.05) is 54.6 Å². The van der Waals surface area contributed by atoms with Crippen LogP contribution in [0, 0.1) is 11.3 Å². The first kappa shape index (κ1) is 14.8. The van der Waals surface area contributed by atoms with E-state index in [1.807, 2.05) is 54.6 Å². The van der Waals surface area contributed by atoms with Crippen LogP contribution in [0.25, 0.3) is 27.6 Å². The average Bonchev–Trinajstić information content (AvgIpc) is 2.59. The smallest absolute Gasteiger partial charge is 0.348 e. The fourth-order valence-electron chi connectivity index (χ4n) is 2.71. The molecule has 0 aromatic heterocycles. The number of hydrogen-bond donors (Lipinski definition) is 0. The Hall–Kier alpha value is -3.12. The standard InChI is InChI=1S/C20H15NO2/c1-2-23-20(22)17(13-21)12-16-8-5-7-15-11-10-14-6-3-4-9-18(14)19(15)16/h3-12H,2H2,1H3. The lowest BCUT2D eigenvalue weighted by Gasteiger charge is -2.08. The molecule has 0 spiro atoms. The van der Waals surface area contributed by atoms with E-state index in [0.29, 0.717) is 0 Å². The van der Waals surface area contributed by atoms with Crippen molar-refractivity contribution in [3.05, 3.63) is 65.7 Å².